The maximum Gasteiger partial charge on any atom is 0.407 e. The highest BCUT2D eigenvalue weighted by Gasteiger charge is 2.53. The number of nitrogens with zero attached hydrogens (tertiary/aromatic N) is 12. The van der Waals surface area contributed by atoms with Gasteiger partial charge in [0.15, 0.2) is 11.4 Å². The lowest BCUT2D eigenvalue weighted by molar-refractivity contribution is -0.265. The second-order valence-electron chi connectivity index (χ2n) is 34.1. The molecule has 0 radical (unpaired) electrons. The Labute approximate surface area is 751 Å². The van der Waals surface area contributed by atoms with E-state index in [-0.39, 0.29) is 87.8 Å². The summed E-state index contributed by atoms with van der Waals surface area (Å²) in [7, 11) is 3.06. The SMILES string of the molecule is CO[C@H]1C[C@@H]2CC[C@@H](C)[C@@](O)(O2)C(=O)C(=O)N2CCCC[C@H]2C(=O)O[C@H]([C@H](N)C[C@@H]2CC[C@@H](OC(=O)NCc3cnc(N4CCN(c5ncc(C(=O)NCCOCCOCCOCCOCCC(=O)NCCCCn6nc(-c7cnc8[nH]ccc8c7)c7c(N)ncnc76)cn5)CC4)nc3)[C@H](OC)C2)CC(=O)[C@H](C)/C=C(\C)[C@@H](O)[C@@H](O)C(=O)[C@H](C)C[C@H](C)/C=C/C=CC=C1C. The number of cyclic esters (lactones) is 1. The number of esters is 1. The number of fused-ring (bicyclic) bond motifs is 5. The van der Waals surface area contributed by atoms with Crippen LogP contribution in [0.15, 0.2) is 103 Å². The molecule has 129 heavy (non-hydrogen) atoms. The number of nitrogen functional groups attached to an aromatic ring is 1. The molecule has 0 aromatic carbocycles. The van der Waals surface area contributed by atoms with E-state index in [9.17, 15) is 53.7 Å². The minimum Gasteiger partial charge on any atom is -0.459 e. The molecule has 15 atom stereocenters. The second kappa shape index (κ2) is 48.9. The number of piperidine rings is 1. The Morgan fingerprint density at radius 3 is 2.12 bits per heavy atom. The Morgan fingerprint density at radius 2 is 1.41 bits per heavy atom. The number of carbonyl (C=O) groups excluding carboxylic acids is 8. The molecular weight excluding hydrogens is 1670 g/mol. The predicted octanol–water partition coefficient (Wildman–Crippen LogP) is 6.11. The van der Waals surface area contributed by atoms with Gasteiger partial charge in [-0.15, -0.1) is 0 Å². The summed E-state index contributed by atoms with van der Waals surface area (Å²) in [6, 6.07) is 1.67. The summed E-state index contributed by atoms with van der Waals surface area (Å²) in [6.07, 6.45) is 19.4. The predicted molar refractivity (Wildman–Crippen MR) is 476 cm³/mol. The van der Waals surface area contributed by atoms with Gasteiger partial charge < -0.3 is 105 Å². The summed E-state index contributed by atoms with van der Waals surface area (Å²) in [6.45, 7) is 16.5. The Balaban J connectivity index is 0.558. The lowest BCUT2D eigenvalue weighted by Crippen LogP contribution is -2.61. The molecule has 3 saturated heterocycles. The molecule has 4 aliphatic heterocycles. The normalized spacial score (nSPS) is 26.2. The summed E-state index contributed by atoms with van der Waals surface area (Å²) in [5.74, 6) is -8.52. The van der Waals surface area contributed by atoms with Gasteiger partial charge in [-0.1, -0.05) is 64.2 Å². The number of ketones is 3. The average molecular weight is 1790 g/mol. The minimum absolute atomic E-state index is 0.0104. The third-order valence-corrected chi connectivity index (χ3v) is 24.6. The highest BCUT2D eigenvalue weighted by atomic mass is 16.6. The van der Waals surface area contributed by atoms with Crippen LogP contribution >= 0.6 is 0 Å². The standard InChI is InChI=1S/C91H128N18O20/c1-56-16-10-9-11-17-57(2)72(121-7)47-67-21-19-61(6)91(120,129-67)81(115)86(117)108-28-14-12-18-69(108)87(118)127-73(48-70(110)58(3)43-60(5)79(113)80(114)78(112)59(4)42-56)68(92)44-62-20-22-71(74(45-62)122-8)128-90(119)102-51-63-49-98-88(99-50-63)106-30-32-107(33-31-106)89-100-53-66(54-101-89)85(116)96-27-35-124-37-39-126-41-40-125-38-36-123-34-24-75(111)94-25-13-15-29-109-84-76(82(93)103-55-104-84)77(105-109)65-46-64-23-26-95-83(64)97-52-65/h9-11,16-17,23,26,43,46,49-50,52-56,58-59,61-62,67-69,71-74,79-80,113-114,120H,12-15,18-22,24-25,27-42,44-45,47-48,51,92H2,1-8H3,(H,94,111)(H,95,97)(H,96,116)(H,102,119)(H2,93,103,104)/b11-9?,16-10+,57-17?,60-43+/t56-,58-,59-,61-,62+,67+,68-,69+,71-,72+,73+,74-,79-,80+,91-/m1/s1. The van der Waals surface area contributed by atoms with Crippen LogP contribution in [0.2, 0.25) is 0 Å². The summed E-state index contributed by atoms with van der Waals surface area (Å²) in [5, 5.41) is 49.7. The number of H-pyrrole nitrogens is 1. The maximum absolute atomic E-state index is 14.7. The number of rotatable bonds is 32. The molecule has 1 aliphatic carbocycles. The Hall–Kier alpha value is -10.5. The highest BCUT2D eigenvalue weighted by Crippen LogP contribution is 2.39. The van der Waals surface area contributed by atoms with Crippen molar-refractivity contribution < 1.29 is 96.3 Å². The number of aliphatic hydroxyl groups excluding tert-OH is 2. The number of carbonyl (C=O) groups is 8. The fraction of sp³-hybridized carbons (Fsp3) is 0.604. The Kier molecular flexibility index (Phi) is 37.6. The van der Waals surface area contributed by atoms with E-state index in [0.717, 1.165) is 39.9 Å². The molecule has 38 nitrogen and oxygen atoms in total. The van der Waals surface area contributed by atoms with Gasteiger partial charge >= 0.3 is 12.1 Å². The zero-order valence-corrected chi connectivity index (χ0v) is 75.2. The number of hydrogen-bond acceptors (Lipinski definition) is 32. The number of unbranched alkanes of at least 4 members (excludes halogenated alkanes) is 1. The number of anilines is 3. The molecule has 1 saturated carbocycles. The number of amides is 4. The van der Waals surface area contributed by atoms with Gasteiger partial charge in [-0.05, 0) is 126 Å². The van der Waals surface area contributed by atoms with Crippen molar-refractivity contribution in [2.24, 2.45) is 35.3 Å². The topological polar surface area (TPSA) is 502 Å². The fourth-order valence-corrected chi connectivity index (χ4v) is 16.9. The van der Waals surface area contributed by atoms with Crippen molar-refractivity contribution in [2.75, 3.05) is 128 Å². The minimum atomic E-state index is -2.52. The Morgan fingerprint density at radius 1 is 0.713 bits per heavy atom. The number of methoxy groups -OCH3 is 2. The van der Waals surface area contributed by atoms with Crippen LogP contribution < -0.4 is 37.2 Å². The number of nitrogens with one attached hydrogen (secondary N) is 4. The number of aryl methyl sites for hydroxylation is 1. The van der Waals surface area contributed by atoms with E-state index in [2.05, 4.69) is 55.8 Å². The van der Waals surface area contributed by atoms with E-state index in [1.54, 1.807) is 46.5 Å². The summed E-state index contributed by atoms with van der Waals surface area (Å²) < 4.78 is 54.4. The van der Waals surface area contributed by atoms with Gasteiger partial charge in [-0.25, -0.2) is 49.2 Å². The van der Waals surface area contributed by atoms with Crippen molar-refractivity contribution in [3.05, 3.63) is 114 Å². The molecule has 0 unspecified atom stereocenters. The molecule has 6 aromatic heterocycles. The summed E-state index contributed by atoms with van der Waals surface area (Å²) in [4.78, 5) is 150. The van der Waals surface area contributed by atoms with Gasteiger partial charge in [0.25, 0.3) is 17.6 Å². The number of aromatic amines is 1. The molecule has 6 aromatic rings. The third kappa shape index (κ3) is 27.8. The van der Waals surface area contributed by atoms with E-state index in [1.807, 2.05) is 77.0 Å². The number of piperazine rings is 1. The first-order chi connectivity index (χ1) is 62.2. The van der Waals surface area contributed by atoms with Gasteiger partial charge in [0.1, 0.15) is 59.7 Å². The van der Waals surface area contributed by atoms with E-state index in [0.29, 0.717) is 176 Å². The highest BCUT2D eigenvalue weighted by molar-refractivity contribution is 6.39. The molecule has 4 amide bonds. The van der Waals surface area contributed by atoms with Gasteiger partial charge in [-0.3, -0.25) is 28.8 Å². The first-order valence-corrected chi connectivity index (χ1v) is 44.9. The van der Waals surface area contributed by atoms with Crippen LogP contribution in [0.3, 0.4) is 0 Å². The molecule has 5 aliphatic rings. The van der Waals surface area contributed by atoms with E-state index >= 15 is 0 Å². The van der Waals surface area contributed by atoms with Crippen molar-refractivity contribution in [3.8, 4) is 11.3 Å². The number of aliphatic hydroxyl groups is 3. The van der Waals surface area contributed by atoms with Crippen LogP contribution in [0.5, 0.6) is 0 Å². The quantitative estimate of drug-likeness (QED) is 0.00995. The van der Waals surface area contributed by atoms with Crippen LogP contribution in [-0.4, -0.2) is 290 Å². The molecule has 702 valence electrons. The van der Waals surface area contributed by atoms with Crippen molar-refractivity contribution in [1.29, 1.82) is 0 Å². The monoisotopic (exact) mass is 1790 g/mol. The lowest BCUT2D eigenvalue weighted by Gasteiger charge is -2.42. The molecule has 38 heteroatoms. The van der Waals surface area contributed by atoms with Crippen molar-refractivity contribution >= 4 is 86.9 Å². The van der Waals surface area contributed by atoms with Gasteiger partial charge in [0, 0.05) is 170 Å². The number of pyridine rings is 1. The first-order valence-electron chi connectivity index (χ1n) is 44.9. The smallest absolute Gasteiger partial charge is 0.407 e. The summed E-state index contributed by atoms with van der Waals surface area (Å²) in [5.41, 5.74) is 18.2. The molecule has 0 spiro atoms. The van der Waals surface area contributed by atoms with Gasteiger partial charge in [0.2, 0.25) is 23.6 Å². The third-order valence-electron chi connectivity index (χ3n) is 24.6. The van der Waals surface area contributed by atoms with E-state index in [4.69, 9.17) is 59.2 Å². The van der Waals surface area contributed by atoms with Crippen molar-refractivity contribution in [2.45, 2.75) is 212 Å². The molecule has 11 N–H and O–H groups in total. The van der Waals surface area contributed by atoms with E-state index in [1.165, 1.54) is 38.8 Å². The first kappa shape index (κ1) is 99.1. The second-order valence-corrected chi connectivity index (χ2v) is 34.1. The molecule has 10 heterocycles. The summed E-state index contributed by atoms with van der Waals surface area (Å²) >= 11 is 0. The Bertz CT molecular complexity index is 4830. The number of aromatic nitrogens is 10. The van der Waals surface area contributed by atoms with Crippen LogP contribution in [0, 0.1) is 29.6 Å². The van der Waals surface area contributed by atoms with Crippen molar-refractivity contribution in [1.82, 2.24) is 70.5 Å². The average Bonchev–Trinajstić information content (AvgIpc) is 1.71. The molecule has 11 rings (SSSR count). The van der Waals surface area contributed by atoms with Crippen LogP contribution in [-0.2, 0) is 84.5 Å². The number of alkyl carbamates (subject to hydrolysis) is 1. The molecule has 4 fully saturated rings. The van der Waals surface area contributed by atoms with E-state index < -0.39 is 120 Å². The van der Waals surface area contributed by atoms with Crippen LogP contribution in [0.4, 0.5) is 22.5 Å². The number of hydrogen-bond donors (Lipinski definition) is 9. The zero-order valence-electron chi connectivity index (χ0n) is 75.2. The maximum atomic E-state index is 14.7. The number of ether oxygens (including phenoxy) is 9. The zero-order chi connectivity index (χ0) is 92.1. The lowest BCUT2D eigenvalue weighted by atomic mass is 9.80. The van der Waals surface area contributed by atoms with Gasteiger partial charge in [-0.2, -0.15) is 5.10 Å². The molecule has 2 bridgehead atoms. The van der Waals surface area contributed by atoms with Crippen LogP contribution in [0.1, 0.15) is 154 Å². The van der Waals surface area contributed by atoms with Crippen LogP contribution in [0.25, 0.3) is 33.3 Å². The largest absolute Gasteiger partial charge is 0.459 e. The van der Waals surface area contributed by atoms with Gasteiger partial charge in [0.05, 0.1) is 82.1 Å². The number of Topliss-reactive ketones (excluding diaryl/α,β-unsaturated/α-hetero) is 3. The fourth-order valence-electron chi connectivity index (χ4n) is 16.9. The molecular formula is C91H128N18O20. The number of allylic oxidation sites excluding steroid dienone is 6. The van der Waals surface area contributed by atoms with Crippen molar-refractivity contribution in [3.63, 3.8) is 0 Å². The number of nitrogens with two attached hydrogens (primary N) is 2.